The number of hydrogen-bond donors (Lipinski definition) is 2. The quantitative estimate of drug-likeness (QED) is 0.485. The third-order valence-corrected chi connectivity index (χ3v) is 4.34. The van der Waals surface area contributed by atoms with E-state index in [0.717, 1.165) is 0 Å². The van der Waals surface area contributed by atoms with Crippen molar-refractivity contribution in [2.24, 2.45) is 0 Å². The second-order valence-electron chi connectivity index (χ2n) is 5.80. The molecule has 0 fully saturated rings. The van der Waals surface area contributed by atoms with Gasteiger partial charge in [-0.3, -0.25) is 9.97 Å². The van der Waals surface area contributed by atoms with Crippen LogP contribution >= 0.6 is 11.6 Å². The summed E-state index contributed by atoms with van der Waals surface area (Å²) in [4.78, 5) is 8.29. The number of hydrogen-bond acceptors (Lipinski definition) is 5. The lowest BCUT2D eigenvalue weighted by Crippen LogP contribution is -1.94. The molecule has 0 saturated carbocycles. The third-order valence-electron chi connectivity index (χ3n) is 4.05. The van der Waals surface area contributed by atoms with E-state index in [1.165, 1.54) is 24.4 Å². The van der Waals surface area contributed by atoms with E-state index in [1.807, 2.05) is 0 Å². The fourth-order valence-electron chi connectivity index (χ4n) is 2.79. The number of rotatable bonds is 4. The topological polar surface area (TPSA) is 77.0 Å². The average molecular weight is 387 g/mol. The second kappa shape index (κ2) is 6.85. The Labute approximate surface area is 157 Å². The predicted molar refractivity (Wildman–Crippen MR) is 101 cm³/mol. The number of nitrogens with zero attached hydrogens (tertiary/aromatic N) is 2. The minimum Gasteiger partial charge on any atom is -0.436 e. The van der Waals surface area contributed by atoms with Gasteiger partial charge in [0.05, 0.1) is 16.1 Å². The largest absolute Gasteiger partial charge is 0.436 e. The van der Waals surface area contributed by atoms with Crippen LogP contribution in [0.3, 0.4) is 0 Å². The molecule has 0 amide bonds. The van der Waals surface area contributed by atoms with Crippen LogP contribution in [0.5, 0.6) is 0 Å². The van der Waals surface area contributed by atoms with Gasteiger partial charge in [0.2, 0.25) is 5.88 Å². The minimum absolute atomic E-state index is 0.00994. The minimum atomic E-state index is -0.678. The van der Waals surface area contributed by atoms with Gasteiger partial charge in [0.15, 0.2) is 5.58 Å². The molecule has 0 saturated heterocycles. The zero-order chi connectivity index (χ0) is 19.0. The number of nitrogens with one attached hydrogen (secondary N) is 1. The van der Waals surface area contributed by atoms with Crippen molar-refractivity contribution in [2.75, 3.05) is 11.1 Å². The van der Waals surface area contributed by atoms with Crippen molar-refractivity contribution in [3.05, 3.63) is 65.3 Å². The zero-order valence-corrected chi connectivity index (χ0v) is 14.6. The van der Waals surface area contributed by atoms with Crippen LogP contribution in [0.25, 0.3) is 22.2 Å². The predicted octanol–water partition coefficient (Wildman–Crippen LogP) is 5.48. The molecule has 0 radical (unpaired) electrons. The van der Waals surface area contributed by atoms with Gasteiger partial charge in [-0.25, -0.2) is 8.78 Å². The lowest BCUT2D eigenvalue weighted by Gasteiger charge is -2.06. The maximum absolute atomic E-state index is 13.4. The summed E-state index contributed by atoms with van der Waals surface area (Å²) < 4.78 is 32.0. The average Bonchev–Trinajstić information content (AvgIpc) is 3.00. The van der Waals surface area contributed by atoms with Gasteiger partial charge in [-0.2, -0.15) is 0 Å². The summed E-state index contributed by atoms with van der Waals surface area (Å²) in [6, 6.07) is 9.31. The lowest BCUT2D eigenvalue weighted by molar-refractivity contribution is 0.476. The van der Waals surface area contributed by atoms with Crippen LogP contribution in [0.1, 0.15) is 5.69 Å². The summed E-state index contributed by atoms with van der Waals surface area (Å²) >= 11 is 5.83. The van der Waals surface area contributed by atoms with E-state index in [9.17, 15) is 8.78 Å². The molecule has 8 heteroatoms. The molecular weight excluding hydrogens is 374 g/mol. The van der Waals surface area contributed by atoms with Crippen molar-refractivity contribution >= 4 is 39.8 Å². The highest BCUT2D eigenvalue weighted by Crippen LogP contribution is 2.39. The summed E-state index contributed by atoms with van der Waals surface area (Å²) in [7, 11) is 0. The van der Waals surface area contributed by atoms with E-state index in [2.05, 4.69) is 15.3 Å². The van der Waals surface area contributed by atoms with Crippen LogP contribution in [-0.2, 0) is 6.67 Å². The van der Waals surface area contributed by atoms with Gasteiger partial charge in [-0.05, 0) is 36.4 Å². The summed E-state index contributed by atoms with van der Waals surface area (Å²) in [6.45, 7) is -0.678. The molecule has 4 rings (SSSR count). The third kappa shape index (κ3) is 3.17. The Bertz CT molecular complexity index is 1150. The second-order valence-corrected chi connectivity index (χ2v) is 6.21. The highest BCUT2D eigenvalue weighted by atomic mass is 35.5. The molecule has 5 nitrogen and oxygen atoms in total. The smallest absolute Gasteiger partial charge is 0.215 e. The maximum Gasteiger partial charge on any atom is 0.215 e. The first kappa shape index (κ1) is 17.2. The van der Waals surface area contributed by atoms with E-state index in [-0.39, 0.29) is 10.9 Å². The van der Waals surface area contributed by atoms with E-state index in [1.54, 1.807) is 24.4 Å². The van der Waals surface area contributed by atoms with Crippen LogP contribution < -0.4 is 11.1 Å². The molecular formula is C19H13ClF2N4O. The highest BCUT2D eigenvalue weighted by molar-refractivity contribution is 6.31. The first-order chi connectivity index (χ1) is 13.1. The molecule has 0 spiro atoms. The summed E-state index contributed by atoms with van der Waals surface area (Å²) in [5, 5.41) is 3.76. The van der Waals surface area contributed by atoms with Crippen molar-refractivity contribution in [1.82, 2.24) is 9.97 Å². The number of halogens is 3. The molecule has 0 atom stereocenters. The van der Waals surface area contributed by atoms with E-state index in [0.29, 0.717) is 39.3 Å². The van der Waals surface area contributed by atoms with Crippen molar-refractivity contribution < 1.29 is 13.2 Å². The number of furan rings is 1. The van der Waals surface area contributed by atoms with Crippen molar-refractivity contribution in [3.63, 3.8) is 0 Å². The van der Waals surface area contributed by atoms with Gasteiger partial charge in [-0.1, -0.05) is 11.6 Å². The Kier molecular flexibility index (Phi) is 4.37. The Morgan fingerprint density at radius 3 is 2.70 bits per heavy atom. The van der Waals surface area contributed by atoms with Crippen molar-refractivity contribution in [3.8, 4) is 11.3 Å². The number of pyridine rings is 2. The van der Waals surface area contributed by atoms with Crippen LogP contribution in [0.2, 0.25) is 5.02 Å². The molecule has 3 N–H and O–H groups in total. The first-order valence-corrected chi connectivity index (χ1v) is 8.35. The molecule has 136 valence electrons. The summed E-state index contributed by atoms with van der Waals surface area (Å²) in [5.74, 6) is -0.375. The van der Waals surface area contributed by atoms with Gasteiger partial charge < -0.3 is 15.5 Å². The fraction of sp³-hybridized carbons (Fsp3) is 0.0526. The van der Waals surface area contributed by atoms with Crippen molar-refractivity contribution in [2.45, 2.75) is 6.67 Å². The number of aromatic nitrogens is 2. The monoisotopic (exact) mass is 386 g/mol. The fourth-order valence-corrected chi connectivity index (χ4v) is 2.97. The highest BCUT2D eigenvalue weighted by Gasteiger charge is 2.17. The van der Waals surface area contributed by atoms with E-state index in [4.69, 9.17) is 21.8 Å². The van der Waals surface area contributed by atoms with E-state index >= 15 is 0 Å². The van der Waals surface area contributed by atoms with Crippen LogP contribution in [0.4, 0.5) is 26.0 Å². The standard InChI is InChI=1S/C19H13ClF2N4O/c20-14-8-11(1-2-15(14)22)26-17-13-4-6-25-16(18(13)27-19(17)23)10-3-5-24-12(7-10)9-21/h1-8,26H,9,23H2. The molecule has 4 aromatic rings. The number of fused-ring (bicyclic) bond motifs is 1. The van der Waals surface area contributed by atoms with Crippen LogP contribution in [-0.4, -0.2) is 9.97 Å². The van der Waals surface area contributed by atoms with Crippen molar-refractivity contribution in [1.29, 1.82) is 0 Å². The molecule has 27 heavy (non-hydrogen) atoms. The Morgan fingerprint density at radius 2 is 1.93 bits per heavy atom. The van der Waals surface area contributed by atoms with Gasteiger partial charge in [0, 0.05) is 23.6 Å². The SMILES string of the molecule is Nc1oc2c(-c3ccnc(CF)c3)nccc2c1Nc1ccc(F)c(Cl)c1. The normalized spacial score (nSPS) is 11.1. The molecule has 1 aromatic carbocycles. The van der Waals surface area contributed by atoms with Gasteiger partial charge in [0.25, 0.3) is 0 Å². The van der Waals surface area contributed by atoms with Crippen LogP contribution in [0, 0.1) is 5.82 Å². The molecule has 3 heterocycles. The Balaban J connectivity index is 1.81. The summed E-state index contributed by atoms with van der Waals surface area (Å²) in [5.41, 5.74) is 9.02. The molecule has 0 aliphatic heterocycles. The Hall–Kier alpha value is -3.19. The lowest BCUT2D eigenvalue weighted by atomic mass is 10.1. The number of nitrogens with two attached hydrogens (primary N) is 1. The Morgan fingerprint density at radius 1 is 1.11 bits per heavy atom. The van der Waals surface area contributed by atoms with Gasteiger partial charge >= 0.3 is 0 Å². The zero-order valence-electron chi connectivity index (χ0n) is 13.8. The van der Waals surface area contributed by atoms with Crippen LogP contribution in [0.15, 0.2) is 53.2 Å². The maximum atomic E-state index is 13.4. The number of alkyl halides is 1. The molecule has 0 aliphatic rings. The van der Waals surface area contributed by atoms with Gasteiger partial charge in [-0.15, -0.1) is 0 Å². The van der Waals surface area contributed by atoms with Gasteiger partial charge in [0.1, 0.15) is 23.9 Å². The first-order valence-electron chi connectivity index (χ1n) is 7.97. The molecule has 3 aromatic heterocycles. The summed E-state index contributed by atoms with van der Waals surface area (Å²) in [6.07, 6.45) is 3.11. The molecule has 0 aliphatic carbocycles. The number of benzene rings is 1. The molecule has 0 bridgehead atoms. The number of nitrogen functional groups attached to an aromatic ring is 1. The molecule has 0 unspecified atom stereocenters. The van der Waals surface area contributed by atoms with E-state index < -0.39 is 12.5 Å². The number of anilines is 3.